The maximum atomic E-state index is 14.8. The minimum absolute atomic E-state index is 0.0388. The molecule has 1 heterocycles. The van der Waals surface area contributed by atoms with Crippen molar-refractivity contribution in [2.75, 3.05) is 6.61 Å². The highest BCUT2D eigenvalue weighted by molar-refractivity contribution is 6.17. The molecular formula is C22H20F2N2O4. The monoisotopic (exact) mass is 414 g/mol. The molecule has 1 aromatic heterocycles. The first-order valence-electron chi connectivity index (χ1n) is 9.25. The lowest BCUT2D eigenvalue weighted by molar-refractivity contribution is 0.102. The zero-order chi connectivity index (χ0) is 22.0. The van der Waals surface area contributed by atoms with Crippen molar-refractivity contribution in [1.82, 2.24) is 4.98 Å². The highest BCUT2D eigenvalue weighted by Crippen LogP contribution is 2.31. The molecule has 2 aromatic carbocycles. The highest BCUT2D eigenvalue weighted by Gasteiger charge is 2.24. The third-order valence-corrected chi connectivity index (χ3v) is 4.55. The van der Waals surface area contributed by atoms with Crippen LogP contribution in [0.4, 0.5) is 13.6 Å². The molecule has 0 saturated heterocycles. The Morgan fingerprint density at radius 3 is 2.40 bits per heavy atom. The minimum atomic E-state index is -1.08. The Labute approximate surface area is 171 Å². The quantitative estimate of drug-likeness (QED) is 0.595. The van der Waals surface area contributed by atoms with Crippen LogP contribution >= 0.6 is 0 Å². The van der Waals surface area contributed by atoms with E-state index in [4.69, 9.17) is 15.2 Å². The standard InChI is InChI=1S/C22H20F2N2O4/c1-4-29-21-15-7-5-6-14(16(15)8-11(2)26-21)20(27)19-17(23)9-13(10-18(19)24)12(3)30-22(25)28/h5-10,12H,4H2,1-3H3,(H2,25,28). The number of aryl methyl sites for hydroxylation is 1. The van der Waals surface area contributed by atoms with Gasteiger partial charge in [0.15, 0.2) is 5.78 Å². The van der Waals surface area contributed by atoms with Crippen molar-refractivity contribution in [3.63, 3.8) is 0 Å². The number of pyridine rings is 1. The second kappa shape index (κ2) is 8.44. The van der Waals surface area contributed by atoms with Crippen LogP contribution in [0.2, 0.25) is 0 Å². The zero-order valence-electron chi connectivity index (χ0n) is 16.7. The van der Waals surface area contributed by atoms with E-state index in [1.807, 2.05) is 0 Å². The molecule has 8 heteroatoms. The summed E-state index contributed by atoms with van der Waals surface area (Å²) in [7, 11) is 0. The largest absolute Gasteiger partial charge is 0.478 e. The van der Waals surface area contributed by atoms with Gasteiger partial charge in [0.2, 0.25) is 5.88 Å². The van der Waals surface area contributed by atoms with Gasteiger partial charge in [0.25, 0.3) is 0 Å². The second-order valence-electron chi connectivity index (χ2n) is 6.67. The number of nitrogens with two attached hydrogens (primary N) is 1. The SMILES string of the molecule is CCOc1nc(C)cc2c(C(=O)c3c(F)cc(C(C)OC(N)=O)cc3F)cccc12. The predicted octanol–water partition coefficient (Wildman–Crippen LogP) is 4.61. The number of carbonyl (C=O) groups is 2. The molecule has 0 bridgehead atoms. The average molecular weight is 414 g/mol. The highest BCUT2D eigenvalue weighted by atomic mass is 19.1. The first-order chi connectivity index (χ1) is 14.2. The first kappa shape index (κ1) is 21.2. The van der Waals surface area contributed by atoms with E-state index in [1.165, 1.54) is 13.0 Å². The molecule has 1 amide bonds. The zero-order valence-corrected chi connectivity index (χ0v) is 16.7. The number of amides is 1. The summed E-state index contributed by atoms with van der Waals surface area (Å²) in [5.41, 5.74) is 4.99. The van der Waals surface area contributed by atoms with Crippen molar-refractivity contribution < 1.29 is 27.8 Å². The smallest absolute Gasteiger partial charge is 0.405 e. The molecule has 2 N–H and O–H groups in total. The van der Waals surface area contributed by atoms with Crippen LogP contribution in [0.15, 0.2) is 36.4 Å². The topological polar surface area (TPSA) is 91.5 Å². The van der Waals surface area contributed by atoms with Gasteiger partial charge < -0.3 is 15.2 Å². The van der Waals surface area contributed by atoms with Crippen molar-refractivity contribution in [1.29, 1.82) is 0 Å². The molecule has 0 aliphatic carbocycles. The van der Waals surface area contributed by atoms with Gasteiger partial charge in [-0.2, -0.15) is 0 Å². The Bertz CT molecular complexity index is 1120. The minimum Gasteiger partial charge on any atom is -0.478 e. The van der Waals surface area contributed by atoms with Crippen LogP contribution in [-0.2, 0) is 4.74 Å². The molecule has 1 atom stereocenters. The maximum absolute atomic E-state index is 14.8. The number of ketones is 1. The van der Waals surface area contributed by atoms with E-state index in [9.17, 15) is 18.4 Å². The number of rotatable bonds is 6. The van der Waals surface area contributed by atoms with Gasteiger partial charge in [-0.3, -0.25) is 4.79 Å². The maximum Gasteiger partial charge on any atom is 0.405 e. The number of primary amides is 1. The fourth-order valence-corrected chi connectivity index (χ4v) is 3.23. The number of nitrogens with zero attached hydrogens (tertiary/aromatic N) is 1. The number of halogens is 2. The lowest BCUT2D eigenvalue weighted by atomic mass is 9.95. The van der Waals surface area contributed by atoms with Crippen LogP contribution in [0.3, 0.4) is 0 Å². The number of benzene rings is 2. The Kier molecular flexibility index (Phi) is 5.96. The fraction of sp³-hybridized carbons (Fsp3) is 0.227. The first-order valence-corrected chi connectivity index (χ1v) is 9.25. The van der Waals surface area contributed by atoms with Crippen LogP contribution in [-0.4, -0.2) is 23.5 Å². The Hall–Kier alpha value is -3.55. The molecule has 0 aliphatic rings. The van der Waals surface area contributed by atoms with Gasteiger partial charge in [-0.25, -0.2) is 18.6 Å². The summed E-state index contributed by atoms with van der Waals surface area (Å²) in [5, 5.41) is 1.04. The summed E-state index contributed by atoms with van der Waals surface area (Å²) < 4.78 is 39.8. The molecule has 30 heavy (non-hydrogen) atoms. The third-order valence-electron chi connectivity index (χ3n) is 4.55. The van der Waals surface area contributed by atoms with Crippen LogP contribution in [0.25, 0.3) is 10.8 Å². The van der Waals surface area contributed by atoms with E-state index >= 15 is 0 Å². The Morgan fingerprint density at radius 1 is 1.13 bits per heavy atom. The second-order valence-corrected chi connectivity index (χ2v) is 6.67. The van der Waals surface area contributed by atoms with Crippen molar-refractivity contribution in [2.45, 2.75) is 26.9 Å². The summed E-state index contributed by atoms with van der Waals surface area (Å²) in [6, 6.07) is 8.38. The van der Waals surface area contributed by atoms with Gasteiger partial charge >= 0.3 is 6.09 Å². The normalized spacial score (nSPS) is 11.9. The van der Waals surface area contributed by atoms with Crippen LogP contribution in [0, 0.1) is 18.6 Å². The van der Waals surface area contributed by atoms with Crippen molar-refractivity contribution in [3.8, 4) is 5.88 Å². The van der Waals surface area contributed by atoms with Crippen molar-refractivity contribution in [3.05, 3.63) is 70.4 Å². The predicted molar refractivity (Wildman–Crippen MR) is 107 cm³/mol. The lowest BCUT2D eigenvalue weighted by Crippen LogP contribution is -2.16. The average Bonchev–Trinajstić information content (AvgIpc) is 2.66. The summed E-state index contributed by atoms with van der Waals surface area (Å²) in [5.74, 6) is -2.61. The third kappa shape index (κ3) is 4.07. The molecule has 0 aliphatic heterocycles. The van der Waals surface area contributed by atoms with E-state index in [1.54, 1.807) is 32.0 Å². The number of ether oxygens (including phenoxy) is 2. The molecule has 156 valence electrons. The summed E-state index contributed by atoms with van der Waals surface area (Å²) in [4.78, 5) is 28.3. The molecule has 3 aromatic rings. The van der Waals surface area contributed by atoms with Gasteiger partial charge in [-0.05, 0) is 50.6 Å². The molecule has 1 unspecified atom stereocenters. The van der Waals surface area contributed by atoms with Crippen LogP contribution < -0.4 is 10.5 Å². The van der Waals surface area contributed by atoms with Gasteiger partial charge in [-0.15, -0.1) is 0 Å². The molecule has 3 rings (SSSR count). The molecule has 0 spiro atoms. The van der Waals surface area contributed by atoms with E-state index in [0.717, 1.165) is 12.1 Å². The number of aromatic nitrogens is 1. The van der Waals surface area contributed by atoms with E-state index in [-0.39, 0.29) is 11.1 Å². The van der Waals surface area contributed by atoms with E-state index < -0.39 is 35.2 Å². The summed E-state index contributed by atoms with van der Waals surface area (Å²) in [6.45, 7) is 5.33. The number of fused-ring (bicyclic) bond motifs is 1. The van der Waals surface area contributed by atoms with Crippen molar-refractivity contribution in [2.24, 2.45) is 5.73 Å². The molecule has 0 radical (unpaired) electrons. The van der Waals surface area contributed by atoms with Gasteiger partial charge in [-0.1, -0.05) is 12.1 Å². The van der Waals surface area contributed by atoms with Crippen LogP contribution in [0.1, 0.15) is 47.1 Å². The lowest BCUT2D eigenvalue weighted by Gasteiger charge is -2.15. The van der Waals surface area contributed by atoms with Gasteiger partial charge in [0.1, 0.15) is 17.7 Å². The number of hydrogen-bond acceptors (Lipinski definition) is 5. The fourth-order valence-electron chi connectivity index (χ4n) is 3.23. The van der Waals surface area contributed by atoms with Crippen LogP contribution in [0.5, 0.6) is 5.88 Å². The Morgan fingerprint density at radius 2 is 1.80 bits per heavy atom. The van der Waals surface area contributed by atoms with Crippen molar-refractivity contribution >= 4 is 22.6 Å². The number of hydrogen-bond donors (Lipinski definition) is 1. The molecule has 6 nitrogen and oxygen atoms in total. The summed E-state index contributed by atoms with van der Waals surface area (Å²) >= 11 is 0. The van der Waals surface area contributed by atoms with E-state index in [0.29, 0.717) is 29.0 Å². The molecule has 0 saturated carbocycles. The molecule has 0 fully saturated rings. The van der Waals surface area contributed by atoms with E-state index in [2.05, 4.69) is 4.98 Å². The molecular weight excluding hydrogens is 394 g/mol. The van der Waals surface area contributed by atoms with Gasteiger partial charge in [0, 0.05) is 22.0 Å². The summed E-state index contributed by atoms with van der Waals surface area (Å²) in [6.07, 6.45) is -2.05. The van der Waals surface area contributed by atoms with Gasteiger partial charge in [0.05, 0.1) is 12.2 Å². The Balaban J connectivity index is 2.11. The number of carbonyl (C=O) groups excluding carboxylic acids is 2.